The number of hydrogen-bond donors (Lipinski definition) is 1. The van der Waals surface area contributed by atoms with Gasteiger partial charge in [0.25, 0.3) is 5.91 Å². The summed E-state index contributed by atoms with van der Waals surface area (Å²) in [5.74, 6) is -2.11. The van der Waals surface area contributed by atoms with Crippen LogP contribution in [-0.4, -0.2) is 28.3 Å². The predicted octanol–water partition coefficient (Wildman–Crippen LogP) is 2.13. The number of halogens is 7. The first kappa shape index (κ1) is 28.1. The molecule has 0 saturated heterocycles. The number of alkyl halides is 7. The molecule has 0 fully saturated rings. The molecule has 2 aromatic rings. The topological polar surface area (TPSA) is 125 Å². The van der Waals surface area contributed by atoms with Crippen molar-refractivity contribution in [3.05, 3.63) is 67.8 Å². The molecule has 0 aliphatic heterocycles. The average Bonchev–Trinajstić information content (AvgIpc) is 2.66. The van der Waals surface area contributed by atoms with Gasteiger partial charge < -0.3 is 11.5 Å². The van der Waals surface area contributed by atoms with Crippen LogP contribution in [0.4, 0.5) is 47.8 Å². The number of nitrogens with one attached hydrogen (secondary N) is 1. The molecule has 2 rings (SSSR count). The molecule has 0 unspecified atom stereocenters. The Morgan fingerprint density at radius 2 is 1.42 bits per heavy atom. The predicted molar refractivity (Wildman–Crippen MR) is 91.8 cm³/mol. The Hall–Kier alpha value is -2.98. The van der Waals surface area contributed by atoms with Gasteiger partial charge in [0.05, 0.1) is 15.4 Å². The zero-order valence-corrected chi connectivity index (χ0v) is 18.0. The summed E-state index contributed by atoms with van der Waals surface area (Å²) in [6.45, 7) is 0. The van der Waals surface area contributed by atoms with E-state index in [4.69, 9.17) is 0 Å². The molecule has 0 aliphatic rings. The standard InChI is InChI=1S/C16H8F7N3O6.Na.H/c17-14(18)16(22,23)32-9-3-1-7(2-4-9)13(27)24-12-10(25(28)29)5-8(15(19,20)21)6-11(12)26(30)31;;/h1-6,14H,(H,24,27);;/q;+1;-1. The molecule has 17 heteroatoms. The Kier molecular flexibility index (Phi) is 8.76. The second-order valence-electron chi connectivity index (χ2n) is 5.84. The quantitative estimate of drug-likeness (QED) is 0.272. The van der Waals surface area contributed by atoms with Crippen molar-refractivity contribution in [2.75, 3.05) is 5.32 Å². The molecule has 1 N–H and O–H groups in total. The zero-order valence-electron chi connectivity index (χ0n) is 17.0. The average molecular weight is 495 g/mol. The van der Waals surface area contributed by atoms with Crippen molar-refractivity contribution in [3.8, 4) is 5.75 Å². The first-order chi connectivity index (χ1) is 14.6. The molecule has 0 atom stereocenters. The Morgan fingerprint density at radius 1 is 0.970 bits per heavy atom. The van der Waals surface area contributed by atoms with E-state index >= 15 is 0 Å². The third-order valence-electron chi connectivity index (χ3n) is 3.68. The molecule has 1 amide bonds. The number of rotatable bonds is 7. The number of carbonyl (C=O) groups excluding carboxylic acids is 1. The second kappa shape index (κ2) is 10.3. The summed E-state index contributed by atoms with van der Waals surface area (Å²) in [6.07, 6.45) is -14.2. The number of hydrogen-bond acceptors (Lipinski definition) is 6. The van der Waals surface area contributed by atoms with Crippen molar-refractivity contribution in [1.29, 1.82) is 0 Å². The molecule has 0 spiro atoms. The van der Waals surface area contributed by atoms with E-state index in [2.05, 4.69) is 4.74 Å². The van der Waals surface area contributed by atoms with Gasteiger partial charge >= 0.3 is 59.6 Å². The monoisotopic (exact) mass is 495 g/mol. The molecule has 0 aliphatic carbocycles. The van der Waals surface area contributed by atoms with Crippen LogP contribution >= 0.6 is 0 Å². The van der Waals surface area contributed by atoms with E-state index in [1.807, 2.05) is 0 Å². The van der Waals surface area contributed by atoms with Crippen LogP contribution in [0, 0.1) is 20.2 Å². The van der Waals surface area contributed by atoms with E-state index in [0.717, 1.165) is 12.1 Å². The van der Waals surface area contributed by atoms with E-state index in [0.29, 0.717) is 12.1 Å². The molecule has 0 bridgehead atoms. The molecule has 0 heterocycles. The number of benzene rings is 2. The molecular weight excluding hydrogens is 486 g/mol. The van der Waals surface area contributed by atoms with Gasteiger partial charge in [0.2, 0.25) is 0 Å². The number of carbonyl (C=O) groups is 1. The van der Waals surface area contributed by atoms with Crippen molar-refractivity contribution in [1.82, 2.24) is 0 Å². The zero-order chi connectivity index (χ0) is 24.4. The SMILES string of the molecule is O=C(Nc1c([N+](=O)[O-])cc(C(F)(F)F)cc1[N+](=O)[O-])c1ccc(OC(F)(F)C(F)F)cc1.[H-].[Na+]. The van der Waals surface area contributed by atoms with Gasteiger partial charge in [-0.2, -0.15) is 30.7 Å². The van der Waals surface area contributed by atoms with Gasteiger partial charge in [-0.05, 0) is 24.3 Å². The van der Waals surface area contributed by atoms with Crippen LogP contribution in [0.1, 0.15) is 17.3 Å². The van der Waals surface area contributed by atoms with Crippen molar-refractivity contribution in [2.24, 2.45) is 0 Å². The Labute approximate surface area is 201 Å². The molecule has 0 aromatic heterocycles. The fourth-order valence-electron chi connectivity index (χ4n) is 2.25. The molecule has 33 heavy (non-hydrogen) atoms. The smallest absolute Gasteiger partial charge is 1.00 e. The van der Waals surface area contributed by atoms with Gasteiger partial charge in [-0.3, -0.25) is 25.0 Å². The minimum Gasteiger partial charge on any atom is -1.00 e. The van der Waals surface area contributed by atoms with Crippen molar-refractivity contribution >= 4 is 23.0 Å². The van der Waals surface area contributed by atoms with Crippen LogP contribution in [0.3, 0.4) is 0 Å². The molecular formula is C16H9F7N3NaO6. The maximum absolute atomic E-state index is 12.9. The van der Waals surface area contributed by atoms with Gasteiger partial charge in [-0.1, -0.05) is 0 Å². The number of ether oxygens (including phenoxy) is 1. The van der Waals surface area contributed by atoms with Crippen LogP contribution in [0.15, 0.2) is 36.4 Å². The summed E-state index contributed by atoms with van der Waals surface area (Å²) in [4.78, 5) is 31.8. The van der Waals surface area contributed by atoms with Gasteiger partial charge in [0, 0.05) is 17.7 Å². The fraction of sp³-hybridized carbons (Fsp3) is 0.188. The maximum Gasteiger partial charge on any atom is 1.00 e. The third kappa shape index (κ3) is 6.75. The van der Waals surface area contributed by atoms with Crippen molar-refractivity contribution in [3.63, 3.8) is 0 Å². The van der Waals surface area contributed by atoms with Gasteiger partial charge in [-0.25, -0.2) is 0 Å². The minimum atomic E-state index is -5.17. The van der Waals surface area contributed by atoms with Crippen LogP contribution in [0.2, 0.25) is 0 Å². The van der Waals surface area contributed by atoms with E-state index in [1.165, 1.54) is 0 Å². The van der Waals surface area contributed by atoms with Crippen LogP contribution in [0.25, 0.3) is 0 Å². The molecule has 0 saturated carbocycles. The van der Waals surface area contributed by atoms with E-state index < -0.39 is 68.4 Å². The van der Waals surface area contributed by atoms with Crippen LogP contribution in [0.5, 0.6) is 5.75 Å². The molecule has 2 aromatic carbocycles. The molecule has 0 radical (unpaired) electrons. The Bertz CT molecular complexity index is 1040. The molecule has 174 valence electrons. The minimum absolute atomic E-state index is 0. The fourth-order valence-corrected chi connectivity index (χ4v) is 2.25. The van der Waals surface area contributed by atoms with E-state index in [-0.39, 0.29) is 43.1 Å². The van der Waals surface area contributed by atoms with Gasteiger partial charge in [0.1, 0.15) is 5.75 Å². The summed E-state index contributed by atoms with van der Waals surface area (Å²) < 4.78 is 92.5. The Balaban J connectivity index is 0.00000544. The number of anilines is 1. The van der Waals surface area contributed by atoms with Crippen molar-refractivity contribution < 1.29 is 81.1 Å². The third-order valence-corrected chi connectivity index (χ3v) is 3.68. The van der Waals surface area contributed by atoms with E-state index in [9.17, 15) is 55.8 Å². The number of nitro benzene ring substituents is 2. The summed E-state index contributed by atoms with van der Waals surface area (Å²) in [5, 5.41) is 24.0. The summed E-state index contributed by atoms with van der Waals surface area (Å²) in [7, 11) is 0. The number of nitrogens with zero attached hydrogens (tertiary/aromatic N) is 2. The van der Waals surface area contributed by atoms with Gasteiger partial charge in [-0.15, -0.1) is 0 Å². The van der Waals surface area contributed by atoms with Gasteiger partial charge in [0.15, 0.2) is 5.69 Å². The normalized spacial score (nSPS) is 11.5. The first-order valence-corrected chi connectivity index (χ1v) is 7.94. The molecule has 9 nitrogen and oxygen atoms in total. The van der Waals surface area contributed by atoms with E-state index in [1.54, 1.807) is 5.32 Å². The maximum atomic E-state index is 12.9. The Morgan fingerprint density at radius 3 is 1.79 bits per heavy atom. The van der Waals surface area contributed by atoms with Crippen LogP contribution in [-0.2, 0) is 6.18 Å². The summed E-state index contributed by atoms with van der Waals surface area (Å²) in [6, 6.07) is 2.75. The summed E-state index contributed by atoms with van der Waals surface area (Å²) in [5.41, 5.74) is -6.22. The largest absolute Gasteiger partial charge is 1.00 e. The number of amides is 1. The number of nitro groups is 2. The van der Waals surface area contributed by atoms with Crippen LogP contribution < -0.4 is 39.6 Å². The van der Waals surface area contributed by atoms with Crippen molar-refractivity contribution in [2.45, 2.75) is 18.7 Å². The summed E-state index contributed by atoms with van der Waals surface area (Å²) >= 11 is 0. The first-order valence-electron chi connectivity index (χ1n) is 7.94. The second-order valence-corrected chi connectivity index (χ2v) is 5.84.